The molecule has 0 fully saturated rings. The second kappa shape index (κ2) is 6.56. The van der Waals surface area contributed by atoms with Gasteiger partial charge in [0.2, 0.25) is 0 Å². The molecular formula is C15H18ClFN2O2. The van der Waals surface area contributed by atoms with Gasteiger partial charge in [0.05, 0.1) is 12.1 Å². The van der Waals surface area contributed by atoms with Gasteiger partial charge in [-0.05, 0) is 26.3 Å². The normalized spacial score (nSPS) is 14.4. The van der Waals surface area contributed by atoms with Crippen molar-refractivity contribution in [2.45, 2.75) is 39.2 Å². The van der Waals surface area contributed by atoms with Crippen molar-refractivity contribution in [1.29, 1.82) is 0 Å². The average molecular weight is 313 g/mol. The molecule has 0 spiro atoms. The smallest absolute Gasteiger partial charge is 0.291 e. The number of ether oxygens (including phenoxy) is 1. The summed E-state index contributed by atoms with van der Waals surface area (Å²) in [4.78, 5) is 3.61. The van der Waals surface area contributed by atoms with Crippen molar-refractivity contribution in [2.75, 3.05) is 0 Å². The minimum absolute atomic E-state index is 0.0940. The first kappa shape index (κ1) is 15.9. The zero-order valence-electron chi connectivity index (χ0n) is 12.1. The number of aliphatic hydroxyl groups is 1. The monoisotopic (exact) mass is 312 g/mol. The lowest BCUT2D eigenvalue weighted by Crippen LogP contribution is -2.18. The minimum Gasteiger partial charge on any atom is -0.363 e. The number of aromatic nitrogens is 2. The Balaban J connectivity index is 2.44. The van der Waals surface area contributed by atoms with Crippen LogP contribution < -0.4 is 0 Å². The summed E-state index contributed by atoms with van der Waals surface area (Å²) in [5.41, 5.74) is 1.00. The second-order valence-corrected chi connectivity index (χ2v) is 5.41. The Morgan fingerprint density at radius 2 is 1.86 bits per heavy atom. The lowest BCUT2D eigenvalue weighted by Gasteiger charge is -2.21. The largest absolute Gasteiger partial charge is 0.363 e. The lowest BCUT2D eigenvalue weighted by molar-refractivity contribution is -0.133. The number of rotatable bonds is 5. The highest BCUT2D eigenvalue weighted by Gasteiger charge is 2.27. The van der Waals surface area contributed by atoms with E-state index in [4.69, 9.17) is 16.3 Å². The molecule has 1 aromatic heterocycles. The van der Waals surface area contributed by atoms with Crippen LogP contribution in [0, 0.1) is 6.08 Å². The molecule has 2 aromatic rings. The Morgan fingerprint density at radius 1 is 1.24 bits per heavy atom. The molecule has 0 aliphatic rings. The molecule has 21 heavy (non-hydrogen) atoms. The van der Waals surface area contributed by atoms with Crippen LogP contribution in [-0.4, -0.2) is 20.8 Å². The van der Waals surface area contributed by atoms with Crippen LogP contribution in [-0.2, 0) is 4.74 Å². The van der Waals surface area contributed by atoms with Crippen molar-refractivity contribution in [3.05, 3.63) is 52.8 Å². The standard InChI is InChI=1S/C15H18ClFN2O2/c1-9(2)21-14(20)12-13(16)18-15(17)19(12)10(3)11-7-5-4-6-8-11/h4-10,14,20H,1-3H3/t10-,14?/m1/s1. The van der Waals surface area contributed by atoms with Crippen LogP contribution in [0.2, 0.25) is 5.15 Å². The van der Waals surface area contributed by atoms with Gasteiger partial charge in [-0.1, -0.05) is 41.9 Å². The molecule has 114 valence electrons. The first-order chi connectivity index (χ1) is 9.91. The van der Waals surface area contributed by atoms with E-state index in [2.05, 4.69) is 4.98 Å². The van der Waals surface area contributed by atoms with E-state index in [0.29, 0.717) is 0 Å². The molecule has 0 amide bonds. The quantitative estimate of drug-likeness (QED) is 0.856. The zero-order chi connectivity index (χ0) is 15.6. The van der Waals surface area contributed by atoms with Gasteiger partial charge in [-0.15, -0.1) is 0 Å². The highest BCUT2D eigenvalue weighted by molar-refractivity contribution is 6.30. The molecule has 0 saturated carbocycles. The fraction of sp³-hybridized carbons (Fsp3) is 0.400. The van der Waals surface area contributed by atoms with Crippen molar-refractivity contribution in [2.24, 2.45) is 0 Å². The summed E-state index contributed by atoms with van der Waals surface area (Å²) >= 11 is 5.95. The number of aliphatic hydroxyl groups excluding tert-OH is 1. The molecule has 1 aromatic carbocycles. The number of hydrogen-bond acceptors (Lipinski definition) is 3. The average Bonchev–Trinajstić information content (AvgIpc) is 2.73. The van der Waals surface area contributed by atoms with Crippen molar-refractivity contribution >= 4 is 11.6 Å². The molecule has 2 rings (SSSR count). The summed E-state index contributed by atoms with van der Waals surface area (Å²) < 4.78 is 20.7. The summed E-state index contributed by atoms with van der Waals surface area (Å²) in [6.07, 6.45) is -2.31. The lowest BCUT2D eigenvalue weighted by atomic mass is 10.1. The maximum atomic E-state index is 14.1. The fourth-order valence-electron chi connectivity index (χ4n) is 2.18. The third-order valence-corrected chi connectivity index (χ3v) is 3.44. The van der Waals surface area contributed by atoms with E-state index in [1.807, 2.05) is 37.3 Å². The minimum atomic E-state index is -1.33. The summed E-state index contributed by atoms with van der Waals surface area (Å²) in [5, 5.41) is 10.0. The van der Waals surface area contributed by atoms with Crippen LogP contribution in [0.4, 0.5) is 4.39 Å². The van der Waals surface area contributed by atoms with Gasteiger partial charge in [0.1, 0.15) is 5.69 Å². The maximum Gasteiger partial charge on any atom is 0.291 e. The molecule has 0 radical (unpaired) electrons. The van der Waals surface area contributed by atoms with Crippen molar-refractivity contribution < 1.29 is 14.2 Å². The molecule has 0 aliphatic carbocycles. The molecule has 1 N–H and O–H groups in total. The number of nitrogens with zero attached hydrogens (tertiary/aromatic N) is 2. The van der Waals surface area contributed by atoms with Crippen LogP contribution >= 0.6 is 11.6 Å². The van der Waals surface area contributed by atoms with Gasteiger partial charge in [-0.25, -0.2) is 0 Å². The maximum absolute atomic E-state index is 14.1. The van der Waals surface area contributed by atoms with Gasteiger partial charge in [0.25, 0.3) is 6.08 Å². The Bertz CT molecular complexity index is 601. The molecule has 2 atom stereocenters. The number of benzene rings is 1. The Morgan fingerprint density at radius 3 is 2.43 bits per heavy atom. The Labute approximate surface area is 128 Å². The molecule has 1 unspecified atom stereocenters. The topological polar surface area (TPSA) is 47.3 Å². The van der Waals surface area contributed by atoms with Gasteiger partial charge in [-0.2, -0.15) is 9.37 Å². The molecule has 0 bridgehead atoms. The van der Waals surface area contributed by atoms with E-state index < -0.39 is 12.4 Å². The second-order valence-electron chi connectivity index (χ2n) is 5.05. The number of hydrogen-bond donors (Lipinski definition) is 1. The zero-order valence-corrected chi connectivity index (χ0v) is 12.9. The fourth-order valence-corrected chi connectivity index (χ4v) is 2.44. The molecule has 4 nitrogen and oxygen atoms in total. The van der Waals surface area contributed by atoms with Crippen molar-refractivity contribution in [3.63, 3.8) is 0 Å². The van der Waals surface area contributed by atoms with Gasteiger partial charge in [0.15, 0.2) is 11.4 Å². The molecule has 0 aliphatic heterocycles. The number of imidazole rings is 1. The predicted molar refractivity (Wildman–Crippen MR) is 78.6 cm³/mol. The van der Waals surface area contributed by atoms with Gasteiger partial charge in [-0.3, -0.25) is 4.57 Å². The summed E-state index contributed by atoms with van der Waals surface area (Å²) in [5.74, 6) is 0. The summed E-state index contributed by atoms with van der Waals surface area (Å²) in [6, 6.07) is 8.98. The van der Waals surface area contributed by atoms with E-state index in [1.165, 1.54) is 4.57 Å². The van der Waals surface area contributed by atoms with Gasteiger partial charge in [0, 0.05) is 0 Å². The molecule has 0 saturated heterocycles. The predicted octanol–water partition coefficient (Wildman–Crippen LogP) is 3.70. The first-order valence-electron chi connectivity index (χ1n) is 6.73. The van der Waals surface area contributed by atoms with E-state index in [0.717, 1.165) is 5.56 Å². The van der Waals surface area contributed by atoms with E-state index >= 15 is 0 Å². The molecular weight excluding hydrogens is 295 g/mol. The molecule has 1 heterocycles. The summed E-state index contributed by atoms with van der Waals surface area (Å²) in [7, 11) is 0. The van der Waals surface area contributed by atoms with Crippen molar-refractivity contribution in [1.82, 2.24) is 9.55 Å². The van der Waals surface area contributed by atoms with Gasteiger partial charge >= 0.3 is 0 Å². The van der Waals surface area contributed by atoms with E-state index in [9.17, 15) is 9.50 Å². The molecule has 6 heteroatoms. The third-order valence-electron chi connectivity index (χ3n) is 3.16. The Kier molecular flexibility index (Phi) is 4.98. The highest BCUT2D eigenvalue weighted by Crippen LogP contribution is 2.31. The first-order valence-corrected chi connectivity index (χ1v) is 7.11. The third kappa shape index (κ3) is 3.43. The van der Waals surface area contributed by atoms with Crippen molar-refractivity contribution in [3.8, 4) is 0 Å². The van der Waals surface area contributed by atoms with Crippen LogP contribution in [0.15, 0.2) is 30.3 Å². The highest BCUT2D eigenvalue weighted by atomic mass is 35.5. The van der Waals surface area contributed by atoms with Crippen LogP contribution in [0.25, 0.3) is 0 Å². The van der Waals surface area contributed by atoms with Crippen LogP contribution in [0.5, 0.6) is 0 Å². The SMILES string of the molecule is CC(C)OC(O)c1c(Cl)nc(F)n1[C@H](C)c1ccccc1. The Hall–Kier alpha value is -1.43. The van der Waals surface area contributed by atoms with Crippen LogP contribution in [0.1, 0.15) is 44.4 Å². The van der Waals surface area contributed by atoms with Crippen LogP contribution in [0.3, 0.4) is 0 Å². The van der Waals surface area contributed by atoms with E-state index in [1.54, 1.807) is 13.8 Å². The van der Waals surface area contributed by atoms with E-state index in [-0.39, 0.29) is 23.0 Å². The van der Waals surface area contributed by atoms with Gasteiger partial charge < -0.3 is 9.84 Å². The summed E-state index contributed by atoms with van der Waals surface area (Å²) in [6.45, 7) is 5.35. The number of halogens is 2.